The van der Waals surface area contributed by atoms with Crippen molar-refractivity contribution in [3.8, 4) is 0 Å². The Kier molecular flexibility index (Phi) is 5.09. The lowest BCUT2D eigenvalue weighted by atomic mass is 10.3. The summed E-state index contributed by atoms with van der Waals surface area (Å²) in [5.74, 6) is -0.548. The van der Waals surface area contributed by atoms with Crippen molar-refractivity contribution in [2.75, 3.05) is 39.3 Å². The molecule has 7 heteroatoms. The fourth-order valence-electron chi connectivity index (χ4n) is 2.26. The molecule has 0 unspecified atom stereocenters. The van der Waals surface area contributed by atoms with Crippen LogP contribution in [0.15, 0.2) is 29.2 Å². The second-order valence-corrected chi connectivity index (χ2v) is 6.72. The van der Waals surface area contributed by atoms with Crippen LogP contribution in [0.5, 0.6) is 0 Å². The van der Waals surface area contributed by atoms with Gasteiger partial charge in [0.15, 0.2) is 0 Å². The van der Waals surface area contributed by atoms with E-state index in [1.807, 2.05) is 0 Å². The third-order valence-electron chi connectivity index (χ3n) is 3.40. The predicted octanol–water partition coefficient (Wildman–Crippen LogP) is 0.514. The van der Waals surface area contributed by atoms with E-state index in [1.165, 1.54) is 22.5 Å². The molecule has 0 aromatic heterocycles. The van der Waals surface area contributed by atoms with Gasteiger partial charge >= 0.3 is 0 Å². The van der Waals surface area contributed by atoms with Crippen molar-refractivity contribution in [3.63, 3.8) is 0 Å². The molecule has 1 N–H and O–H groups in total. The summed E-state index contributed by atoms with van der Waals surface area (Å²) in [6.45, 7) is 2.96. The van der Waals surface area contributed by atoms with E-state index in [0.29, 0.717) is 32.6 Å². The minimum absolute atomic E-state index is 0.00121. The molecule has 0 saturated carbocycles. The molecule has 1 aromatic carbocycles. The summed E-state index contributed by atoms with van der Waals surface area (Å²) in [6.07, 6.45) is 0.691. The van der Waals surface area contributed by atoms with Crippen LogP contribution in [0.3, 0.4) is 0 Å². The van der Waals surface area contributed by atoms with Crippen LogP contribution in [-0.2, 0) is 10.0 Å². The molecule has 1 aliphatic rings. The van der Waals surface area contributed by atoms with E-state index in [1.54, 1.807) is 0 Å². The lowest BCUT2D eigenvalue weighted by Crippen LogP contribution is -2.48. The molecule has 1 aromatic rings. The van der Waals surface area contributed by atoms with Crippen LogP contribution in [0, 0.1) is 5.82 Å². The Labute approximate surface area is 118 Å². The van der Waals surface area contributed by atoms with E-state index >= 15 is 0 Å². The van der Waals surface area contributed by atoms with Crippen LogP contribution in [0.4, 0.5) is 4.39 Å². The van der Waals surface area contributed by atoms with Gasteiger partial charge in [0.2, 0.25) is 10.0 Å². The molecular weight excluding hydrogens is 283 g/mol. The maximum Gasteiger partial charge on any atom is 0.243 e. The Bertz CT molecular complexity index is 542. The van der Waals surface area contributed by atoms with Gasteiger partial charge in [0.05, 0.1) is 4.90 Å². The highest BCUT2D eigenvalue weighted by atomic mass is 32.2. The summed E-state index contributed by atoms with van der Waals surface area (Å²) >= 11 is 0. The lowest BCUT2D eigenvalue weighted by Gasteiger charge is -2.33. The van der Waals surface area contributed by atoms with E-state index < -0.39 is 15.8 Å². The van der Waals surface area contributed by atoms with Gasteiger partial charge in [-0.2, -0.15) is 4.31 Å². The zero-order valence-corrected chi connectivity index (χ0v) is 12.0. The van der Waals surface area contributed by atoms with E-state index in [4.69, 9.17) is 5.11 Å². The van der Waals surface area contributed by atoms with Gasteiger partial charge < -0.3 is 10.0 Å². The van der Waals surface area contributed by atoms with Crippen LogP contribution < -0.4 is 0 Å². The molecular formula is C13H19FN2O3S. The van der Waals surface area contributed by atoms with Gasteiger partial charge in [0, 0.05) is 39.3 Å². The second-order valence-electron chi connectivity index (χ2n) is 4.78. The average molecular weight is 302 g/mol. The third kappa shape index (κ3) is 3.54. The monoisotopic (exact) mass is 302 g/mol. The highest BCUT2D eigenvalue weighted by Gasteiger charge is 2.28. The standard InChI is InChI=1S/C13H19FN2O3S/c14-12-3-1-4-13(11-12)20(18,19)16-8-6-15(7-9-16)5-2-10-17/h1,3-4,11,17H,2,5-10H2. The summed E-state index contributed by atoms with van der Waals surface area (Å²) in [6, 6.07) is 5.09. The first-order valence-electron chi connectivity index (χ1n) is 6.63. The summed E-state index contributed by atoms with van der Waals surface area (Å²) < 4.78 is 39.3. The number of nitrogens with zero attached hydrogens (tertiary/aromatic N) is 2. The lowest BCUT2D eigenvalue weighted by molar-refractivity contribution is 0.171. The molecule has 112 valence electrons. The van der Waals surface area contributed by atoms with E-state index in [0.717, 1.165) is 12.6 Å². The smallest absolute Gasteiger partial charge is 0.243 e. The Hall–Kier alpha value is -1.02. The number of aliphatic hydroxyl groups excluding tert-OH is 1. The number of rotatable bonds is 5. The Balaban J connectivity index is 2.02. The van der Waals surface area contributed by atoms with Crippen LogP contribution in [0.25, 0.3) is 0 Å². The molecule has 5 nitrogen and oxygen atoms in total. The van der Waals surface area contributed by atoms with E-state index in [-0.39, 0.29) is 11.5 Å². The highest BCUT2D eigenvalue weighted by Crippen LogP contribution is 2.18. The molecule has 0 radical (unpaired) electrons. The van der Waals surface area contributed by atoms with E-state index in [9.17, 15) is 12.8 Å². The second kappa shape index (κ2) is 6.62. The Morgan fingerprint density at radius 1 is 1.20 bits per heavy atom. The van der Waals surface area contributed by atoms with Crippen molar-refractivity contribution < 1.29 is 17.9 Å². The number of benzene rings is 1. The molecule has 0 aliphatic carbocycles. The first-order chi connectivity index (χ1) is 9.54. The molecule has 1 aliphatic heterocycles. The van der Waals surface area contributed by atoms with Gasteiger partial charge in [-0.25, -0.2) is 12.8 Å². The molecule has 0 spiro atoms. The van der Waals surface area contributed by atoms with Crippen LogP contribution >= 0.6 is 0 Å². The summed E-state index contributed by atoms with van der Waals surface area (Å²) in [5, 5.41) is 8.78. The van der Waals surface area contributed by atoms with Gasteiger partial charge in [-0.05, 0) is 24.6 Å². The zero-order valence-electron chi connectivity index (χ0n) is 11.2. The molecule has 1 heterocycles. The maximum atomic E-state index is 13.2. The number of aliphatic hydroxyl groups is 1. The Morgan fingerprint density at radius 2 is 1.90 bits per heavy atom. The van der Waals surface area contributed by atoms with Crippen molar-refractivity contribution in [3.05, 3.63) is 30.1 Å². The molecule has 0 atom stereocenters. The first kappa shape index (κ1) is 15.4. The molecule has 2 rings (SSSR count). The largest absolute Gasteiger partial charge is 0.396 e. The number of hydrogen-bond acceptors (Lipinski definition) is 4. The SMILES string of the molecule is O=S(=O)(c1cccc(F)c1)N1CCN(CCCO)CC1. The molecule has 1 saturated heterocycles. The quantitative estimate of drug-likeness (QED) is 0.861. The minimum Gasteiger partial charge on any atom is -0.396 e. The molecule has 0 amide bonds. The number of halogens is 1. The van der Waals surface area contributed by atoms with Crippen LogP contribution in [-0.4, -0.2) is 62.1 Å². The van der Waals surface area contributed by atoms with Gasteiger partial charge in [0.1, 0.15) is 5.82 Å². The summed E-state index contributed by atoms with van der Waals surface area (Å²) in [5.41, 5.74) is 0. The fourth-order valence-corrected chi connectivity index (χ4v) is 3.72. The predicted molar refractivity (Wildman–Crippen MR) is 73.3 cm³/mol. The molecule has 20 heavy (non-hydrogen) atoms. The van der Waals surface area contributed by atoms with Gasteiger partial charge in [-0.1, -0.05) is 6.07 Å². The Morgan fingerprint density at radius 3 is 2.50 bits per heavy atom. The number of sulfonamides is 1. The summed E-state index contributed by atoms with van der Waals surface area (Å²) in [7, 11) is -3.61. The minimum atomic E-state index is -3.61. The maximum absolute atomic E-state index is 13.2. The van der Waals surface area contributed by atoms with Gasteiger partial charge in [-0.15, -0.1) is 0 Å². The number of hydrogen-bond donors (Lipinski definition) is 1. The normalized spacial score (nSPS) is 18.3. The van der Waals surface area contributed by atoms with Crippen molar-refractivity contribution in [1.82, 2.24) is 9.21 Å². The number of piperazine rings is 1. The third-order valence-corrected chi connectivity index (χ3v) is 5.29. The van der Waals surface area contributed by atoms with Crippen molar-refractivity contribution in [1.29, 1.82) is 0 Å². The van der Waals surface area contributed by atoms with Crippen LogP contribution in [0.1, 0.15) is 6.42 Å². The topological polar surface area (TPSA) is 60.9 Å². The van der Waals surface area contributed by atoms with Crippen LogP contribution in [0.2, 0.25) is 0 Å². The zero-order chi connectivity index (χ0) is 14.6. The highest BCUT2D eigenvalue weighted by molar-refractivity contribution is 7.89. The fraction of sp³-hybridized carbons (Fsp3) is 0.538. The molecule has 1 fully saturated rings. The summed E-state index contributed by atoms with van der Waals surface area (Å²) in [4.78, 5) is 2.12. The van der Waals surface area contributed by atoms with E-state index in [2.05, 4.69) is 4.90 Å². The first-order valence-corrected chi connectivity index (χ1v) is 8.07. The van der Waals surface area contributed by atoms with Gasteiger partial charge in [-0.3, -0.25) is 0 Å². The van der Waals surface area contributed by atoms with Gasteiger partial charge in [0.25, 0.3) is 0 Å². The molecule has 0 bridgehead atoms. The average Bonchev–Trinajstić information content (AvgIpc) is 2.45. The van der Waals surface area contributed by atoms with Crippen molar-refractivity contribution in [2.45, 2.75) is 11.3 Å². The van der Waals surface area contributed by atoms with Crippen molar-refractivity contribution >= 4 is 10.0 Å². The van der Waals surface area contributed by atoms with Crippen molar-refractivity contribution in [2.24, 2.45) is 0 Å².